The van der Waals surface area contributed by atoms with Crippen molar-refractivity contribution in [3.8, 4) is 5.75 Å². The molecule has 0 aliphatic carbocycles. The van der Waals surface area contributed by atoms with Crippen LogP contribution in [0.2, 0.25) is 0 Å². The van der Waals surface area contributed by atoms with E-state index in [1.165, 1.54) is 6.92 Å². The summed E-state index contributed by atoms with van der Waals surface area (Å²) in [6.07, 6.45) is 2.39. The van der Waals surface area contributed by atoms with Crippen LogP contribution in [0.25, 0.3) is 0 Å². The second kappa shape index (κ2) is 9.06. The van der Waals surface area contributed by atoms with Crippen molar-refractivity contribution in [1.82, 2.24) is 10.2 Å². The molecule has 0 radical (unpaired) electrons. The molecule has 5 atom stereocenters. The number of hydrogen-bond donors (Lipinski definition) is 1. The number of para-hydroxylation sites is 1. The van der Waals surface area contributed by atoms with Gasteiger partial charge in [0.15, 0.2) is 0 Å². The van der Waals surface area contributed by atoms with Gasteiger partial charge in [-0.15, -0.1) is 0 Å². The van der Waals surface area contributed by atoms with Crippen LogP contribution in [-0.4, -0.2) is 47.6 Å². The minimum Gasteiger partial charge on any atom is -0.487 e. The largest absolute Gasteiger partial charge is 0.487 e. The van der Waals surface area contributed by atoms with Gasteiger partial charge in [-0.05, 0) is 38.3 Å². The molecule has 1 N–H and O–H groups in total. The molecule has 3 aliphatic rings. The maximum absolute atomic E-state index is 13.5. The van der Waals surface area contributed by atoms with Gasteiger partial charge in [-0.3, -0.25) is 9.59 Å². The normalized spacial score (nSPS) is 27.9. The standard InChI is InChI=1S/C28H34N2O4/c1-18(31)29-23(15-19-9-5-4-6-10-19)27(32)30-14-13-24-20(17-30)16-22-26(33-24)21-11-7-8-12-25(21)34-28(22,2)3/h4-12,20,22-24,26H,13-17H2,1-3H3,(H,29,31)/t20-,22+,23+,24+,26-/m1/s1. The summed E-state index contributed by atoms with van der Waals surface area (Å²) in [7, 11) is 0. The van der Waals surface area contributed by atoms with Crippen LogP contribution in [0.15, 0.2) is 54.6 Å². The van der Waals surface area contributed by atoms with Crippen LogP contribution in [0, 0.1) is 11.8 Å². The zero-order valence-electron chi connectivity index (χ0n) is 20.2. The second-order valence-corrected chi connectivity index (χ2v) is 10.5. The van der Waals surface area contributed by atoms with E-state index in [0.717, 1.165) is 29.7 Å². The zero-order chi connectivity index (χ0) is 23.9. The Balaban J connectivity index is 1.32. The van der Waals surface area contributed by atoms with E-state index >= 15 is 0 Å². The average Bonchev–Trinajstić information content (AvgIpc) is 2.82. The fraction of sp³-hybridized carbons (Fsp3) is 0.500. The lowest BCUT2D eigenvalue weighted by Gasteiger charge is -2.53. The Labute approximate surface area is 201 Å². The average molecular weight is 463 g/mol. The third-order valence-electron chi connectivity index (χ3n) is 7.67. The van der Waals surface area contributed by atoms with Gasteiger partial charge in [-0.2, -0.15) is 0 Å². The molecule has 2 amide bonds. The highest BCUT2D eigenvalue weighted by molar-refractivity contribution is 5.87. The van der Waals surface area contributed by atoms with Gasteiger partial charge in [0, 0.05) is 43.8 Å². The minimum absolute atomic E-state index is 0.0101. The summed E-state index contributed by atoms with van der Waals surface area (Å²) >= 11 is 0. The number of carbonyl (C=O) groups excluding carboxylic acids is 2. The van der Waals surface area contributed by atoms with Gasteiger partial charge in [0.25, 0.3) is 0 Å². The number of nitrogens with zero attached hydrogens (tertiary/aromatic N) is 1. The topological polar surface area (TPSA) is 67.9 Å². The fourth-order valence-corrected chi connectivity index (χ4v) is 5.97. The van der Waals surface area contributed by atoms with E-state index < -0.39 is 6.04 Å². The number of carbonyl (C=O) groups is 2. The van der Waals surface area contributed by atoms with Crippen molar-refractivity contribution in [3.63, 3.8) is 0 Å². The first-order valence-electron chi connectivity index (χ1n) is 12.3. The van der Waals surface area contributed by atoms with E-state index in [1.54, 1.807) is 0 Å². The molecule has 5 rings (SSSR count). The Morgan fingerprint density at radius 2 is 1.85 bits per heavy atom. The Morgan fingerprint density at radius 1 is 1.12 bits per heavy atom. The number of amides is 2. The smallest absolute Gasteiger partial charge is 0.245 e. The molecule has 3 aliphatic heterocycles. The number of rotatable bonds is 4. The van der Waals surface area contributed by atoms with Crippen molar-refractivity contribution in [3.05, 3.63) is 65.7 Å². The van der Waals surface area contributed by atoms with Gasteiger partial charge in [-0.1, -0.05) is 48.5 Å². The fourth-order valence-electron chi connectivity index (χ4n) is 5.97. The quantitative estimate of drug-likeness (QED) is 0.748. The zero-order valence-corrected chi connectivity index (χ0v) is 20.2. The molecule has 0 unspecified atom stereocenters. The monoisotopic (exact) mass is 462 g/mol. The highest BCUT2D eigenvalue weighted by Gasteiger charge is 2.51. The Kier molecular flexibility index (Phi) is 6.11. The molecule has 0 aromatic heterocycles. The van der Waals surface area contributed by atoms with Crippen molar-refractivity contribution in [2.75, 3.05) is 13.1 Å². The molecule has 6 nitrogen and oxygen atoms in total. The number of ether oxygens (including phenoxy) is 2. The summed E-state index contributed by atoms with van der Waals surface area (Å²) in [5.41, 5.74) is 1.83. The van der Waals surface area contributed by atoms with Crippen LogP contribution in [0.4, 0.5) is 0 Å². The predicted octanol–water partition coefficient (Wildman–Crippen LogP) is 3.90. The van der Waals surface area contributed by atoms with E-state index in [2.05, 4.69) is 25.2 Å². The van der Waals surface area contributed by atoms with Crippen LogP contribution < -0.4 is 10.1 Å². The van der Waals surface area contributed by atoms with Crippen LogP contribution >= 0.6 is 0 Å². The summed E-state index contributed by atoms with van der Waals surface area (Å²) < 4.78 is 13.1. The molecule has 0 spiro atoms. The molecule has 0 saturated carbocycles. The van der Waals surface area contributed by atoms with Crippen molar-refractivity contribution in [2.45, 2.75) is 63.9 Å². The molecule has 2 aromatic rings. The Morgan fingerprint density at radius 3 is 2.62 bits per heavy atom. The van der Waals surface area contributed by atoms with Crippen LogP contribution in [0.5, 0.6) is 5.75 Å². The molecule has 6 heteroatoms. The molecule has 2 aromatic carbocycles. The summed E-state index contributed by atoms with van der Waals surface area (Å²) in [6.45, 7) is 7.04. The third-order valence-corrected chi connectivity index (χ3v) is 7.67. The first-order valence-corrected chi connectivity index (χ1v) is 12.3. The summed E-state index contributed by atoms with van der Waals surface area (Å²) in [4.78, 5) is 27.3. The van der Waals surface area contributed by atoms with Crippen molar-refractivity contribution < 1.29 is 19.1 Å². The van der Waals surface area contributed by atoms with E-state index in [4.69, 9.17) is 9.47 Å². The van der Waals surface area contributed by atoms with Crippen LogP contribution in [0.1, 0.15) is 50.8 Å². The molecule has 2 fully saturated rings. The number of benzene rings is 2. The van der Waals surface area contributed by atoms with Gasteiger partial charge in [0.2, 0.25) is 11.8 Å². The van der Waals surface area contributed by atoms with E-state index in [-0.39, 0.29) is 41.5 Å². The SMILES string of the molecule is CC(=O)N[C@@H](Cc1ccccc1)C(=O)N1CC[C@@H]2O[C@@H]3c4ccccc4OC(C)(C)[C@H]3C[C@@H]2C1. The van der Waals surface area contributed by atoms with Crippen molar-refractivity contribution >= 4 is 11.8 Å². The number of likely N-dealkylation sites (tertiary alicyclic amines) is 1. The van der Waals surface area contributed by atoms with Gasteiger partial charge < -0.3 is 19.7 Å². The molecular weight excluding hydrogens is 428 g/mol. The highest BCUT2D eigenvalue weighted by atomic mass is 16.5. The predicted molar refractivity (Wildman–Crippen MR) is 129 cm³/mol. The summed E-state index contributed by atoms with van der Waals surface area (Å²) in [5.74, 6) is 1.19. The van der Waals surface area contributed by atoms with Crippen molar-refractivity contribution in [2.24, 2.45) is 11.8 Å². The number of hydrogen-bond acceptors (Lipinski definition) is 4. The molecule has 0 bridgehead atoms. The molecule has 34 heavy (non-hydrogen) atoms. The van der Waals surface area contributed by atoms with Crippen LogP contribution in [-0.2, 0) is 20.7 Å². The van der Waals surface area contributed by atoms with Gasteiger partial charge in [0.1, 0.15) is 17.4 Å². The summed E-state index contributed by atoms with van der Waals surface area (Å²) in [5, 5.41) is 2.89. The lowest BCUT2D eigenvalue weighted by Crippen LogP contribution is -2.58. The minimum atomic E-state index is -0.560. The van der Waals surface area contributed by atoms with Gasteiger partial charge >= 0.3 is 0 Å². The highest BCUT2D eigenvalue weighted by Crippen LogP contribution is 2.52. The number of nitrogens with one attached hydrogen (secondary N) is 1. The second-order valence-electron chi connectivity index (χ2n) is 10.5. The van der Waals surface area contributed by atoms with Gasteiger partial charge in [0.05, 0.1) is 12.2 Å². The van der Waals surface area contributed by atoms with Crippen LogP contribution in [0.3, 0.4) is 0 Å². The molecule has 180 valence electrons. The Bertz CT molecular complexity index is 1050. The molecule has 2 saturated heterocycles. The summed E-state index contributed by atoms with van der Waals surface area (Å²) in [6, 6.07) is 17.5. The number of fused-ring (bicyclic) bond motifs is 4. The first kappa shape index (κ1) is 22.9. The number of piperidine rings is 1. The van der Waals surface area contributed by atoms with E-state index in [1.807, 2.05) is 53.4 Å². The maximum atomic E-state index is 13.5. The lowest BCUT2D eigenvalue weighted by molar-refractivity contribution is -0.189. The van der Waals surface area contributed by atoms with E-state index in [0.29, 0.717) is 19.5 Å². The van der Waals surface area contributed by atoms with Crippen molar-refractivity contribution in [1.29, 1.82) is 0 Å². The Hall–Kier alpha value is -2.86. The lowest BCUT2D eigenvalue weighted by atomic mass is 9.70. The maximum Gasteiger partial charge on any atom is 0.245 e. The third kappa shape index (κ3) is 4.43. The first-order chi connectivity index (χ1) is 16.3. The molecule has 3 heterocycles. The molecular formula is C28H34N2O4. The van der Waals surface area contributed by atoms with Gasteiger partial charge in [-0.25, -0.2) is 0 Å². The van der Waals surface area contributed by atoms with E-state index in [9.17, 15) is 9.59 Å².